The number of nitrogens with zero attached hydrogens (tertiary/aromatic N) is 2. The molecule has 0 aliphatic heterocycles. The molecule has 2 nitrogen and oxygen atoms in total. The lowest BCUT2D eigenvalue weighted by molar-refractivity contribution is 0.892. The second kappa shape index (κ2) is 7.14. The maximum atomic E-state index is 4.52. The monoisotopic (exact) mass is 304 g/mol. The summed E-state index contributed by atoms with van der Waals surface area (Å²) in [7, 11) is 0. The van der Waals surface area contributed by atoms with E-state index in [1.165, 1.54) is 0 Å². The van der Waals surface area contributed by atoms with Gasteiger partial charge in [0.25, 0.3) is 0 Å². The van der Waals surface area contributed by atoms with Crippen molar-refractivity contribution in [1.29, 1.82) is 0 Å². The molecule has 2 atom stereocenters. The molecule has 0 spiro atoms. The molecule has 0 aliphatic rings. The highest BCUT2D eigenvalue weighted by atomic mass is 32.1. The lowest BCUT2D eigenvalue weighted by Crippen LogP contribution is -1.94. The normalized spacial score (nSPS) is 14.0. The van der Waals surface area contributed by atoms with Crippen molar-refractivity contribution >= 4 is 25.3 Å². The average molecular weight is 304 g/mol. The van der Waals surface area contributed by atoms with E-state index in [1.54, 1.807) is 0 Å². The van der Waals surface area contributed by atoms with Gasteiger partial charge in [-0.1, -0.05) is 26.0 Å². The first kappa shape index (κ1) is 15.4. The Morgan fingerprint density at radius 3 is 1.45 bits per heavy atom. The highest BCUT2D eigenvalue weighted by Gasteiger charge is 2.08. The average Bonchev–Trinajstić information content (AvgIpc) is 2.53. The number of hydrogen-bond acceptors (Lipinski definition) is 4. The van der Waals surface area contributed by atoms with Crippen LogP contribution in [0.25, 0.3) is 11.4 Å². The topological polar surface area (TPSA) is 25.8 Å². The van der Waals surface area contributed by atoms with Crippen molar-refractivity contribution in [2.45, 2.75) is 37.2 Å². The van der Waals surface area contributed by atoms with E-state index < -0.39 is 0 Å². The number of hydrogen-bond donors (Lipinski definition) is 2. The van der Waals surface area contributed by atoms with E-state index in [1.807, 2.05) is 24.5 Å². The van der Waals surface area contributed by atoms with Crippen LogP contribution in [0.4, 0.5) is 0 Å². The van der Waals surface area contributed by atoms with Gasteiger partial charge in [-0.05, 0) is 36.1 Å². The van der Waals surface area contributed by atoms with Crippen LogP contribution in [0.5, 0.6) is 0 Å². The van der Waals surface area contributed by atoms with Gasteiger partial charge in [0.15, 0.2) is 0 Å². The molecule has 2 heterocycles. The molecule has 106 valence electrons. The summed E-state index contributed by atoms with van der Waals surface area (Å²) in [6.45, 7) is 4.24. The summed E-state index contributed by atoms with van der Waals surface area (Å²) in [6, 6.07) is 8.17. The van der Waals surface area contributed by atoms with E-state index >= 15 is 0 Å². The van der Waals surface area contributed by atoms with Crippen molar-refractivity contribution < 1.29 is 0 Å². The first-order valence-corrected chi connectivity index (χ1v) is 7.97. The molecule has 0 fully saturated rings. The number of rotatable bonds is 5. The van der Waals surface area contributed by atoms with E-state index in [0.29, 0.717) is 0 Å². The van der Waals surface area contributed by atoms with Crippen molar-refractivity contribution in [3.05, 3.63) is 47.8 Å². The van der Waals surface area contributed by atoms with Crippen LogP contribution in [0.1, 0.15) is 48.3 Å². The molecule has 2 unspecified atom stereocenters. The van der Waals surface area contributed by atoms with Gasteiger partial charge in [0.05, 0.1) is 11.4 Å². The Kier molecular flexibility index (Phi) is 5.49. The molecule has 0 radical (unpaired) electrons. The van der Waals surface area contributed by atoms with Crippen LogP contribution in [0.3, 0.4) is 0 Å². The zero-order valence-electron chi connectivity index (χ0n) is 11.8. The third-order valence-corrected chi connectivity index (χ3v) is 4.70. The molecule has 0 saturated heterocycles. The van der Waals surface area contributed by atoms with Crippen LogP contribution in [0.2, 0.25) is 0 Å². The summed E-state index contributed by atoms with van der Waals surface area (Å²) in [5.41, 5.74) is 4.09. The zero-order valence-corrected chi connectivity index (χ0v) is 13.6. The number of aromatic nitrogens is 2. The molecule has 20 heavy (non-hydrogen) atoms. The predicted octanol–water partition coefficient (Wildman–Crippen LogP) is 4.91. The fourth-order valence-electron chi connectivity index (χ4n) is 1.98. The van der Waals surface area contributed by atoms with E-state index in [9.17, 15) is 0 Å². The van der Waals surface area contributed by atoms with E-state index in [2.05, 4.69) is 61.2 Å². The van der Waals surface area contributed by atoms with Crippen LogP contribution in [-0.2, 0) is 0 Å². The van der Waals surface area contributed by atoms with Crippen LogP contribution >= 0.6 is 25.3 Å². The van der Waals surface area contributed by atoms with Gasteiger partial charge in [0.1, 0.15) is 0 Å². The minimum Gasteiger partial charge on any atom is -0.254 e. The Morgan fingerprint density at radius 1 is 0.800 bits per heavy atom. The van der Waals surface area contributed by atoms with Crippen molar-refractivity contribution in [2.24, 2.45) is 0 Å². The Balaban J connectivity index is 2.19. The highest BCUT2D eigenvalue weighted by molar-refractivity contribution is 7.80. The van der Waals surface area contributed by atoms with Gasteiger partial charge in [-0.15, -0.1) is 0 Å². The molecule has 0 aliphatic carbocycles. The molecular weight excluding hydrogens is 284 g/mol. The SMILES string of the molecule is CCC(S)c1ccc(-c2ccc(C(S)CC)cn2)nc1. The summed E-state index contributed by atoms with van der Waals surface area (Å²) in [4.78, 5) is 8.96. The van der Waals surface area contributed by atoms with Crippen LogP contribution in [-0.4, -0.2) is 9.97 Å². The molecule has 0 saturated carbocycles. The van der Waals surface area contributed by atoms with Gasteiger partial charge in [0, 0.05) is 22.9 Å². The van der Waals surface area contributed by atoms with Gasteiger partial charge in [0.2, 0.25) is 0 Å². The first-order chi connectivity index (χ1) is 9.65. The Morgan fingerprint density at radius 2 is 1.20 bits per heavy atom. The van der Waals surface area contributed by atoms with E-state index in [0.717, 1.165) is 35.4 Å². The van der Waals surface area contributed by atoms with Gasteiger partial charge in [-0.25, -0.2) is 0 Å². The summed E-state index contributed by atoms with van der Waals surface area (Å²) < 4.78 is 0. The van der Waals surface area contributed by atoms with Gasteiger partial charge in [-0.3, -0.25) is 9.97 Å². The Bertz CT molecular complexity index is 486. The van der Waals surface area contributed by atoms with Crippen LogP contribution < -0.4 is 0 Å². The Hall–Kier alpha value is -1.00. The quantitative estimate of drug-likeness (QED) is 0.768. The second-order valence-electron chi connectivity index (χ2n) is 4.80. The minimum absolute atomic E-state index is 0.251. The van der Waals surface area contributed by atoms with Gasteiger partial charge >= 0.3 is 0 Å². The first-order valence-electron chi connectivity index (χ1n) is 6.94. The minimum atomic E-state index is 0.251. The number of thiol groups is 2. The third kappa shape index (κ3) is 3.55. The fourth-order valence-corrected chi connectivity index (χ4v) is 2.28. The van der Waals surface area contributed by atoms with E-state index in [-0.39, 0.29) is 10.5 Å². The standard InChI is InChI=1S/C16H20N2S2/c1-3-15(19)11-5-7-13(17-9-11)14-8-6-12(10-18-14)16(20)4-2/h5-10,15-16,19-20H,3-4H2,1-2H3. The second-order valence-corrected chi connectivity index (χ2v) is 6.05. The maximum Gasteiger partial charge on any atom is 0.0886 e. The summed E-state index contributed by atoms with van der Waals surface area (Å²) in [5, 5.41) is 0.503. The van der Waals surface area contributed by atoms with E-state index in [4.69, 9.17) is 0 Å². The molecule has 2 rings (SSSR count). The largest absolute Gasteiger partial charge is 0.254 e. The molecule has 0 aromatic carbocycles. The summed E-state index contributed by atoms with van der Waals surface area (Å²) in [6.07, 6.45) is 5.77. The lowest BCUT2D eigenvalue weighted by atomic mass is 10.1. The molecule has 0 bridgehead atoms. The summed E-state index contributed by atoms with van der Waals surface area (Å²) in [5.74, 6) is 0. The van der Waals surface area contributed by atoms with Crippen LogP contribution in [0, 0.1) is 0 Å². The van der Waals surface area contributed by atoms with Crippen molar-refractivity contribution in [3.8, 4) is 11.4 Å². The van der Waals surface area contributed by atoms with Crippen molar-refractivity contribution in [3.63, 3.8) is 0 Å². The molecular formula is C16H20N2S2. The molecule has 0 N–H and O–H groups in total. The third-order valence-electron chi connectivity index (χ3n) is 3.38. The zero-order chi connectivity index (χ0) is 14.5. The molecule has 2 aromatic rings. The van der Waals surface area contributed by atoms with Crippen molar-refractivity contribution in [1.82, 2.24) is 9.97 Å². The lowest BCUT2D eigenvalue weighted by Gasteiger charge is -2.10. The highest BCUT2D eigenvalue weighted by Crippen LogP contribution is 2.26. The smallest absolute Gasteiger partial charge is 0.0886 e. The van der Waals surface area contributed by atoms with Gasteiger partial charge in [-0.2, -0.15) is 25.3 Å². The van der Waals surface area contributed by atoms with Crippen LogP contribution in [0.15, 0.2) is 36.7 Å². The molecule has 2 aromatic heterocycles. The van der Waals surface area contributed by atoms with Gasteiger partial charge < -0.3 is 0 Å². The Labute approximate surface area is 131 Å². The fraction of sp³-hybridized carbons (Fsp3) is 0.375. The predicted molar refractivity (Wildman–Crippen MR) is 91.5 cm³/mol. The molecule has 0 amide bonds. The summed E-state index contributed by atoms with van der Waals surface area (Å²) >= 11 is 9.05. The number of pyridine rings is 2. The van der Waals surface area contributed by atoms with Crippen molar-refractivity contribution in [2.75, 3.05) is 0 Å². The molecule has 4 heteroatoms. The maximum absolute atomic E-state index is 4.52.